The Bertz CT molecular complexity index is 1480. The van der Waals surface area contributed by atoms with E-state index in [1.807, 2.05) is 49.6 Å². The predicted octanol–water partition coefficient (Wildman–Crippen LogP) is 7.20. The zero-order valence-electron chi connectivity index (χ0n) is 21.8. The van der Waals surface area contributed by atoms with Gasteiger partial charge >= 0.3 is 0 Å². The summed E-state index contributed by atoms with van der Waals surface area (Å²) < 4.78 is 7.83. The maximum atomic E-state index is 13.1. The maximum absolute atomic E-state index is 13.1. The van der Waals surface area contributed by atoms with Gasteiger partial charge in [0.1, 0.15) is 17.4 Å². The molecule has 0 unspecified atom stereocenters. The summed E-state index contributed by atoms with van der Waals surface area (Å²) in [6, 6.07) is 12.5. The molecule has 2 amide bonds. The van der Waals surface area contributed by atoms with Crippen molar-refractivity contribution in [1.29, 1.82) is 0 Å². The largest absolute Gasteiger partial charge is 0.491 e. The number of imide groups is 1. The molecule has 0 spiro atoms. The summed E-state index contributed by atoms with van der Waals surface area (Å²) in [5.41, 5.74) is 4.87. The number of aromatic nitrogens is 1. The highest BCUT2D eigenvalue weighted by Gasteiger charge is 2.35. The lowest BCUT2D eigenvalue weighted by Gasteiger charge is -2.17. The molecule has 10 heteroatoms. The Hall–Kier alpha value is -3.56. The zero-order valence-corrected chi connectivity index (χ0v) is 23.4. The molecule has 38 heavy (non-hydrogen) atoms. The van der Waals surface area contributed by atoms with Crippen LogP contribution in [-0.2, 0) is 4.79 Å². The van der Waals surface area contributed by atoms with Gasteiger partial charge in [0.15, 0.2) is 0 Å². The summed E-state index contributed by atoms with van der Waals surface area (Å²) in [5, 5.41) is 11.1. The number of nitro benzene ring substituents is 1. The standard InChI is InChI=1S/C28H28ClN3O5S/c1-16(2)22-8-6-17(3)12-25(22)37-11-10-30-27(33)26(38-28(30)34)14-20-13-18(4)31(19(20)5)21-7-9-23(29)24(15-21)32(35)36/h6-9,12-16H,10-11H2,1-5H3/b26-14-. The zero-order chi connectivity index (χ0) is 27.7. The predicted molar refractivity (Wildman–Crippen MR) is 150 cm³/mol. The van der Waals surface area contributed by atoms with Crippen molar-refractivity contribution >= 4 is 46.3 Å². The number of hydrogen-bond donors (Lipinski definition) is 0. The molecule has 1 saturated heterocycles. The molecule has 8 nitrogen and oxygen atoms in total. The second kappa shape index (κ2) is 11.0. The SMILES string of the molecule is Cc1ccc(C(C)C)c(OCCN2C(=O)S/C(=C\c3cc(C)n(-c4ccc(Cl)c([N+](=O)[O-])c4)c3C)C2=O)c1. The molecular formula is C28H28ClN3O5S. The monoisotopic (exact) mass is 553 g/mol. The molecule has 0 atom stereocenters. The third-order valence-electron chi connectivity index (χ3n) is 6.38. The van der Waals surface area contributed by atoms with E-state index in [0.717, 1.165) is 45.6 Å². The van der Waals surface area contributed by atoms with Gasteiger partial charge in [-0.2, -0.15) is 0 Å². The number of amides is 2. The Kier molecular flexibility index (Phi) is 7.99. The topological polar surface area (TPSA) is 94.7 Å². The van der Waals surface area contributed by atoms with Crippen LogP contribution in [0.5, 0.6) is 5.75 Å². The van der Waals surface area contributed by atoms with Crippen molar-refractivity contribution in [2.45, 2.75) is 40.5 Å². The molecular weight excluding hydrogens is 526 g/mol. The van der Waals surface area contributed by atoms with Crippen molar-refractivity contribution in [3.63, 3.8) is 0 Å². The molecule has 3 aromatic rings. The minimum absolute atomic E-state index is 0.0573. The van der Waals surface area contributed by atoms with E-state index in [2.05, 4.69) is 13.8 Å². The lowest BCUT2D eigenvalue weighted by Crippen LogP contribution is -2.32. The molecule has 1 fully saturated rings. The van der Waals surface area contributed by atoms with Crippen LogP contribution in [0.3, 0.4) is 0 Å². The summed E-state index contributed by atoms with van der Waals surface area (Å²) in [6.45, 7) is 10.2. The first kappa shape index (κ1) is 27.5. The Morgan fingerprint density at radius 1 is 1.11 bits per heavy atom. The van der Waals surface area contributed by atoms with E-state index < -0.39 is 4.92 Å². The van der Waals surface area contributed by atoms with Gasteiger partial charge < -0.3 is 9.30 Å². The fraction of sp³-hybridized carbons (Fsp3) is 0.286. The highest BCUT2D eigenvalue weighted by Crippen LogP contribution is 2.35. The third kappa shape index (κ3) is 5.49. The molecule has 4 rings (SSSR count). The van der Waals surface area contributed by atoms with Crippen molar-refractivity contribution in [2.24, 2.45) is 0 Å². The summed E-state index contributed by atoms with van der Waals surface area (Å²) in [6.07, 6.45) is 1.69. The highest BCUT2D eigenvalue weighted by molar-refractivity contribution is 8.18. The second-order valence-electron chi connectivity index (χ2n) is 9.43. The van der Waals surface area contributed by atoms with Crippen LogP contribution < -0.4 is 4.74 Å². The number of halogens is 1. The van der Waals surface area contributed by atoms with Gasteiger partial charge in [0.05, 0.1) is 22.1 Å². The van der Waals surface area contributed by atoms with Crippen LogP contribution in [0.1, 0.15) is 47.8 Å². The number of rotatable bonds is 8. The van der Waals surface area contributed by atoms with E-state index in [0.29, 0.717) is 10.6 Å². The number of aryl methyl sites for hydroxylation is 2. The Morgan fingerprint density at radius 2 is 1.84 bits per heavy atom. The average molecular weight is 554 g/mol. The van der Waals surface area contributed by atoms with Gasteiger partial charge in [-0.3, -0.25) is 24.6 Å². The normalized spacial score (nSPS) is 14.7. The number of nitrogens with zero attached hydrogens (tertiary/aromatic N) is 3. The van der Waals surface area contributed by atoms with Gasteiger partial charge in [-0.25, -0.2) is 0 Å². The first-order chi connectivity index (χ1) is 18.0. The third-order valence-corrected chi connectivity index (χ3v) is 7.61. The number of hydrogen-bond acceptors (Lipinski definition) is 6. The van der Waals surface area contributed by atoms with Crippen LogP contribution in [0.25, 0.3) is 11.8 Å². The van der Waals surface area contributed by atoms with E-state index in [1.54, 1.807) is 12.1 Å². The van der Waals surface area contributed by atoms with Crippen molar-refractivity contribution in [3.05, 3.63) is 90.6 Å². The second-order valence-corrected chi connectivity index (χ2v) is 10.8. The number of carbonyl (C=O) groups excluding carboxylic acids is 2. The van der Waals surface area contributed by atoms with Crippen LogP contribution in [0.15, 0.2) is 47.4 Å². The van der Waals surface area contributed by atoms with E-state index in [9.17, 15) is 19.7 Å². The van der Waals surface area contributed by atoms with E-state index in [-0.39, 0.29) is 40.9 Å². The minimum atomic E-state index is -0.525. The van der Waals surface area contributed by atoms with Crippen molar-refractivity contribution < 1.29 is 19.2 Å². The molecule has 198 valence electrons. The fourth-order valence-electron chi connectivity index (χ4n) is 4.44. The average Bonchev–Trinajstić information content (AvgIpc) is 3.28. The smallest absolute Gasteiger partial charge is 0.293 e. The number of nitro groups is 1. The van der Waals surface area contributed by atoms with Crippen LogP contribution >= 0.6 is 23.4 Å². The molecule has 1 aliphatic heterocycles. The Labute approximate surface area is 230 Å². The van der Waals surface area contributed by atoms with Crippen LogP contribution in [0.2, 0.25) is 5.02 Å². The molecule has 0 bridgehead atoms. The van der Waals surface area contributed by atoms with Crippen molar-refractivity contribution in [2.75, 3.05) is 13.2 Å². The van der Waals surface area contributed by atoms with Gasteiger partial charge in [-0.05, 0) is 85.5 Å². The molecule has 1 aromatic heterocycles. The maximum Gasteiger partial charge on any atom is 0.293 e. The molecule has 2 aromatic carbocycles. The molecule has 1 aliphatic rings. The van der Waals surface area contributed by atoms with Gasteiger partial charge in [0.25, 0.3) is 16.8 Å². The summed E-state index contributed by atoms with van der Waals surface area (Å²) in [4.78, 5) is 38.1. The van der Waals surface area contributed by atoms with Crippen LogP contribution in [-0.4, -0.2) is 38.7 Å². The van der Waals surface area contributed by atoms with Crippen molar-refractivity contribution in [1.82, 2.24) is 9.47 Å². The highest BCUT2D eigenvalue weighted by atomic mass is 35.5. The van der Waals surface area contributed by atoms with Crippen molar-refractivity contribution in [3.8, 4) is 11.4 Å². The van der Waals surface area contributed by atoms with Gasteiger partial charge in [-0.1, -0.05) is 37.6 Å². The van der Waals surface area contributed by atoms with Crippen LogP contribution in [0, 0.1) is 30.9 Å². The molecule has 0 aliphatic carbocycles. The number of thioether (sulfide) groups is 1. The quantitative estimate of drug-likeness (QED) is 0.166. The molecule has 0 saturated carbocycles. The number of benzene rings is 2. The Balaban J connectivity index is 1.52. The summed E-state index contributed by atoms with van der Waals surface area (Å²) >= 11 is 6.86. The minimum Gasteiger partial charge on any atom is -0.491 e. The van der Waals surface area contributed by atoms with Gasteiger partial charge in [0, 0.05) is 17.5 Å². The van der Waals surface area contributed by atoms with E-state index in [4.69, 9.17) is 16.3 Å². The summed E-state index contributed by atoms with van der Waals surface area (Å²) in [7, 11) is 0. The summed E-state index contributed by atoms with van der Waals surface area (Å²) in [5.74, 6) is 0.671. The number of ether oxygens (including phenoxy) is 1. The lowest BCUT2D eigenvalue weighted by atomic mass is 10.0. The van der Waals surface area contributed by atoms with Crippen LogP contribution in [0.4, 0.5) is 10.5 Å². The fourth-order valence-corrected chi connectivity index (χ4v) is 5.48. The first-order valence-electron chi connectivity index (χ1n) is 12.1. The van der Waals surface area contributed by atoms with Gasteiger partial charge in [-0.15, -0.1) is 0 Å². The molecule has 2 heterocycles. The lowest BCUT2D eigenvalue weighted by molar-refractivity contribution is -0.384. The first-order valence-corrected chi connectivity index (χ1v) is 13.3. The van der Waals surface area contributed by atoms with Gasteiger partial charge in [0.2, 0.25) is 0 Å². The van der Waals surface area contributed by atoms with E-state index >= 15 is 0 Å². The van der Waals surface area contributed by atoms with E-state index in [1.165, 1.54) is 17.0 Å². The molecule has 0 N–H and O–H groups in total. The Morgan fingerprint density at radius 3 is 2.53 bits per heavy atom. The molecule has 0 radical (unpaired) electrons. The number of carbonyl (C=O) groups is 2.